The monoisotopic (exact) mass is 290 g/mol. The quantitative estimate of drug-likeness (QED) is 0.764. The van der Waals surface area contributed by atoms with E-state index in [2.05, 4.69) is 0 Å². The van der Waals surface area contributed by atoms with Crippen LogP contribution in [0, 0.1) is 0 Å². The molecule has 0 aliphatic heterocycles. The maximum atomic E-state index is 12.7. The molecule has 5 heteroatoms. The van der Waals surface area contributed by atoms with Crippen molar-refractivity contribution in [1.29, 1.82) is 0 Å². The van der Waals surface area contributed by atoms with Gasteiger partial charge in [-0.3, -0.25) is 0 Å². The van der Waals surface area contributed by atoms with E-state index in [1.54, 1.807) is 18.2 Å². The molecule has 1 aliphatic carbocycles. The van der Waals surface area contributed by atoms with Gasteiger partial charge in [-0.1, -0.05) is 32.6 Å². The van der Waals surface area contributed by atoms with Gasteiger partial charge in [0.1, 0.15) is 0 Å². The van der Waals surface area contributed by atoms with Crippen LogP contribution >= 0.6 is 0 Å². The fraction of sp³-hybridized carbons (Fsp3) is 1.00. The molecule has 0 aromatic carbocycles. The largest absolute Gasteiger partial charge is 0.329 e. The average Bonchev–Trinajstić information content (AvgIpc) is 2.61. The number of nitrogens with two attached hydrogens (primary N) is 1. The minimum Gasteiger partial charge on any atom is -0.329 e. The predicted octanol–water partition coefficient (Wildman–Crippen LogP) is 2.49. The van der Waals surface area contributed by atoms with Gasteiger partial charge in [-0.05, 0) is 33.1 Å². The smallest absolute Gasteiger partial charge is 0.216 e. The highest BCUT2D eigenvalue weighted by Gasteiger charge is 2.42. The molecule has 0 aromatic heterocycles. The summed E-state index contributed by atoms with van der Waals surface area (Å²) in [6.07, 6.45) is 7.24. The molecule has 1 aliphatic rings. The SMILES string of the molecule is CCCN(C1(CN)CCCCCC1)S(=O)(=O)C(C)C. The lowest BCUT2D eigenvalue weighted by Gasteiger charge is -2.43. The lowest BCUT2D eigenvalue weighted by molar-refractivity contribution is 0.166. The predicted molar refractivity (Wildman–Crippen MR) is 80.5 cm³/mol. The summed E-state index contributed by atoms with van der Waals surface area (Å²) in [6.45, 7) is 6.60. The first kappa shape index (κ1) is 16.9. The third kappa shape index (κ3) is 3.70. The summed E-state index contributed by atoms with van der Waals surface area (Å²) >= 11 is 0. The van der Waals surface area contributed by atoms with Crippen LogP contribution in [0.3, 0.4) is 0 Å². The fourth-order valence-electron chi connectivity index (χ4n) is 3.03. The standard InChI is InChI=1S/C14H30N2O2S/c1-4-11-16(19(17,18)13(2)3)14(12-15)9-7-5-6-8-10-14/h13H,4-12,15H2,1-3H3. The number of rotatable bonds is 6. The molecule has 1 rings (SSSR count). The van der Waals surface area contributed by atoms with Crippen LogP contribution in [0.15, 0.2) is 0 Å². The second-order valence-corrected chi connectivity index (χ2v) is 8.42. The molecule has 0 unspecified atom stereocenters. The summed E-state index contributed by atoms with van der Waals surface area (Å²) < 4.78 is 27.1. The Morgan fingerprint density at radius 3 is 2.05 bits per heavy atom. The van der Waals surface area contributed by atoms with Gasteiger partial charge in [-0.25, -0.2) is 8.42 Å². The molecule has 1 fully saturated rings. The van der Waals surface area contributed by atoms with E-state index in [9.17, 15) is 8.42 Å². The van der Waals surface area contributed by atoms with Crippen LogP contribution in [-0.4, -0.2) is 36.6 Å². The normalized spacial score (nSPS) is 20.7. The molecule has 0 spiro atoms. The van der Waals surface area contributed by atoms with Gasteiger partial charge < -0.3 is 5.73 Å². The molecule has 0 saturated heterocycles. The van der Waals surface area contributed by atoms with Crippen LogP contribution in [0.5, 0.6) is 0 Å². The minimum absolute atomic E-state index is 0.338. The van der Waals surface area contributed by atoms with Crippen LogP contribution in [0.4, 0.5) is 0 Å². The Kier molecular flexibility index (Phi) is 6.27. The van der Waals surface area contributed by atoms with E-state index in [0.29, 0.717) is 13.1 Å². The molecule has 1 saturated carbocycles. The van der Waals surface area contributed by atoms with Crippen molar-refractivity contribution < 1.29 is 8.42 Å². The number of sulfonamides is 1. The molecule has 4 nitrogen and oxygen atoms in total. The maximum Gasteiger partial charge on any atom is 0.216 e. The fourth-order valence-corrected chi connectivity index (χ4v) is 4.78. The highest BCUT2D eigenvalue weighted by molar-refractivity contribution is 7.89. The summed E-state index contributed by atoms with van der Waals surface area (Å²) in [5.41, 5.74) is 5.69. The Labute approximate surface area is 118 Å². The van der Waals surface area contributed by atoms with E-state index in [1.807, 2.05) is 6.92 Å². The summed E-state index contributed by atoms with van der Waals surface area (Å²) in [4.78, 5) is 0. The van der Waals surface area contributed by atoms with Crippen molar-refractivity contribution in [2.75, 3.05) is 13.1 Å². The summed E-state index contributed by atoms with van der Waals surface area (Å²) in [5.74, 6) is 0. The van der Waals surface area contributed by atoms with Crippen molar-refractivity contribution in [2.24, 2.45) is 5.73 Å². The van der Waals surface area contributed by atoms with Crippen molar-refractivity contribution in [3.8, 4) is 0 Å². The maximum absolute atomic E-state index is 12.7. The molecule has 0 aromatic rings. The first-order valence-corrected chi connectivity index (χ1v) is 9.13. The van der Waals surface area contributed by atoms with Gasteiger partial charge >= 0.3 is 0 Å². The average molecular weight is 290 g/mol. The zero-order valence-electron chi connectivity index (χ0n) is 12.7. The summed E-state index contributed by atoms with van der Waals surface area (Å²) in [5, 5.41) is -0.370. The lowest BCUT2D eigenvalue weighted by atomic mass is 9.90. The van der Waals surface area contributed by atoms with Crippen molar-refractivity contribution in [3.63, 3.8) is 0 Å². The molecule has 0 radical (unpaired) electrons. The van der Waals surface area contributed by atoms with Crippen LogP contribution in [0.1, 0.15) is 65.7 Å². The van der Waals surface area contributed by atoms with Crippen LogP contribution in [0.2, 0.25) is 0 Å². The molecule has 2 N–H and O–H groups in total. The second-order valence-electron chi connectivity index (χ2n) is 6.01. The molecule has 114 valence electrons. The molecule has 0 bridgehead atoms. The van der Waals surface area contributed by atoms with Gasteiger partial charge in [-0.2, -0.15) is 4.31 Å². The van der Waals surface area contributed by atoms with Crippen LogP contribution < -0.4 is 5.73 Å². The molecule has 19 heavy (non-hydrogen) atoms. The van der Waals surface area contributed by atoms with E-state index in [0.717, 1.165) is 32.1 Å². The van der Waals surface area contributed by atoms with Crippen LogP contribution in [-0.2, 0) is 10.0 Å². The van der Waals surface area contributed by atoms with Crippen LogP contribution in [0.25, 0.3) is 0 Å². The first-order valence-electron chi connectivity index (χ1n) is 7.62. The van der Waals surface area contributed by atoms with E-state index >= 15 is 0 Å². The summed E-state index contributed by atoms with van der Waals surface area (Å²) in [6, 6.07) is 0. The van der Waals surface area contributed by atoms with E-state index < -0.39 is 10.0 Å². The Balaban J connectivity index is 3.13. The van der Waals surface area contributed by atoms with Gasteiger partial charge in [0.2, 0.25) is 10.0 Å². The summed E-state index contributed by atoms with van der Waals surface area (Å²) in [7, 11) is -3.23. The highest BCUT2D eigenvalue weighted by Crippen LogP contribution is 2.35. The Morgan fingerprint density at radius 2 is 1.68 bits per heavy atom. The zero-order valence-corrected chi connectivity index (χ0v) is 13.5. The third-order valence-corrected chi connectivity index (χ3v) is 6.65. The van der Waals surface area contributed by atoms with E-state index in [-0.39, 0.29) is 10.8 Å². The highest BCUT2D eigenvalue weighted by atomic mass is 32.2. The number of hydrogen-bond acceptors (Lipinski definition) is 3. The zero-order chi connectivity index (χ0) is 14.5. The van der Waals surface area contributed by atoms with Crippen molar-refractivity contribution in [1.82, 2.24) is 4.31 Å². The number of nitrogens with zero attached hydrogens (tertiary/aromatic N) is 1. The van der Waals surface area contributed by atoms with E-state index in [1.165, 1.54) is 12.8 Å². The van der Waals surface area contributed by atoms with Crippen molar-refractivity contribution in [3.05, 3.63) is 0 Å². The van der Waals surface area contributed by atoms with Gasteiger partial charge in [-0.15, -0.1) is 0 Å². The van der Waals surface area contributed by atoms with Gasteiger partial charge in [0, 0.05) is 18.6 Å². The third-order valence-electron chi connectivity index (χ3n) is 4.27. The van der Waals surface area contributed by atoms with Crippen molar-refractivity contribution >= 4 is 10.0 Å². The lowest BCUT2D eigenvalue weighted by Crippen LogP contribution is -2.57. The van der Waals surface area contributed by atoms with Gasteiger partial charge in [0.15, 0.2) is 0 Å². The minimum atomic E-state index is -3.23. The van der Waals surface area contributed by atoms with Gasteiger partial charge in [0.05, 0.1) is 5.25 Å². The molecule has 0 heterocycles. The Morgan fingerprint density at radius 1 is 1.16 bits per heavy atom. The number of hydrogen-bond donors (Lipinski definition) is 1. The second kappa shape index (κ2) is 7.04. The molecular formula is C14H30N2O2S. The molecule has 0 amide bonds. The van der Waals surface area contributed by atoms with Gasteiger partial charge in [0.25, 0.3) is 0 Å². The topological polar surface area (TPSA) is 63.4 Å². The Bertz CT molecular complexity index is 358. The van der Waals surface area contributed by atoms with Crippen molar-refractivity contribution in [2.45, 2.75) is 76.5 Å². The molecule has 0 atom stereocenters. The van der Waals surface area contributed by atoms with E-state index in [4.69, 9.17) is 5.73 Å². The molecular weight excluding hydrogens is 260 g/mol. The first-order chi connectivity index (χ1) is 8.90. The Hall–Kier alpha value is -0.130.